The summed E-state index contributed by atoms with van der Waals surface area (Å²) >= 11 is 0. The second-order valence-corrected chi connectivity index (χ2v) is 5.18. The highest BCUT2D eigenvalue weighted by molar-refractivity contribution is 5.41. The van der Waals surface area contributed by atoms with Gasteiger partial charge in [-0.15, -0.1) is 0 Å². The van der Waals surface area contributed by atoms with Crippen molar-refractivity contribution in [2.24, 2.45) is 11.1 Å². The topological polar surface area (TPSA) is 26.0 Å². The lowest BCUT2D eigenvalue weighted by Gasteiger charge is -2.07. The van der Waals surface area contributed by atoms with Crippen LogP contribution in [0.5, 0.6) is 0 Å². The van der Waals surface area contributed by atoms with Crippen LogP contribution in [0, 0.1) is 19.3 Å². The minimum Gasteiger partial charge on any atom is -0.327 e. The van der Waals surface area contributed by atoms with Crippen LogP contribution in [0.4, 0.5) is 0 Å². The maximum Gasteiger partial charge on any atom is 0.0172 e. The average Bonchev–Trinajstić information content (AvgIpc) is 2.54. The van der Waals surface area contributed by atoms with E-state index in [1.807, 2.05) is 0 Å². The molecule has 1 fully saturated rings. The first-order chi connectivity index (χ1) is 6.44. The van der Waals surface area contributed by atoms with Crippen molar-refractivity contribution in [1.29, 1.82) is 0 Å². The number of aryl methyl sites for hydroxylation is 2. The number of hydrogen-bond acceptors (Lipinski definition) is 1. The van der Waals surface area contributed by atoms with Crippen molar-refractivity contribution < 1.29 is 0 Å². The first kappa shape index (κ1) is 9.72. The quantitative estimate of drug-likeness (QED) is 0.722. The maximum absolute atomic E-state index is 6.08. The van der Waals surface area contributed by atoms with Gasteiger partial charge >= 0.3 is 0 Å². The molecule has 14 heavy (non-hydrogen) atoms. The van der Waals surface area contributed by atoms with E-state index in [-0.39, 0.29) is 0 Å². The molecule has 2 atom stereocenters. The molecule has 0 spiro atoms. The lowest BCUT2D eigenvalue weighted by atomic mass is 9.97. The first-order valence-corrected chi connectivity index (χ1v) is 5.27. The zero-order valence-electron chi connectivity index (χ0n) is 9.46. The van der Waals surface area contributed by atoms with Gasteiger partial charge in [-0.1, -0.05) is 37.6 Å². The summed E-state index contributed by atoms with van der Waals surface area (Å²) in [5.41, 5.74) is 10.5. The Kier molecular flexibility index (Phi) is 1.97. The van der Waals surface area contributed by atoms with Crippen molar-refractivity contribution in [3.63, 3.8) is 0 Å². The van der Waals surface area contributed by atoms with Crippen LogP contribution in [0.25, 0.3) is 0 Å². The molecule has 0 aliphatic heterocycles. The Morgan fingerprint density at radius 1 is 1.21 bits per heavy atom. The van der Waals surface area contributed by atoms with Crippen LogP contribution in [-0.4, -0.2) is 6.04 Å². The highest BCUT2D eigenvalue weighted by Crippen LogP contribution is 2.57. The van der Waals surface area contributed by atoms with E-state index in [0.29, 0.717) is 17.4 Å². The highest BCUT2D eigenvalue weighted by Gasteiger charge is 2.56. The lowest BCUT2D eigenvalue weighted by molar-refractivity contribution is 0.598. The predicted octanol–water partition coefficient (Wildman–Crippen LogP) is 2.75. The van der Waals surface area contributed by atoms with Crippen LogP contribution < -0.4 is 5.73 Å². The zero-order valence-corrected chi connectivity index (χ0v) is 9.46. The Hall–Kier alpha value is -0.820. The molecule has 1 aromatic carbocycles. The second kappa shape index (κ2) is 2.83. The summed E-state index contributed by atoms with van der Waals surface area (Å²) in [6.45, 7) is 8.82. The van der Waals surface area contributed by atoms with Crippen molar-refractivity contribution in [2.75, 3.05) is 0 Å². The molecule has 1 aromatic rings. The van der Waals surface area contributed by atoms with Crippen LogP contribution in [-0.2, 0) is 0 Å². The predicted molar refractivity (Wildman–Crippen MR) is 60.4 cm³/mol. The molecule has 1 saturated carbocycles. The van der Waals surface area contributed by atoms with Gasteiger partial charge < -0.3 is 5.73 Å². The van der Waals surface area contributed by atoms with Crippen molar-refractivity contribution in [1.82, 2.24) is 0 Å². The molecule has 0 radical (unpaired) electrons. The van der Waals surface area contributed by atoms with Gasteiger partial charge in [0, 0.05) is 12.0 Å². The molecule has 0 aromatic heterocycles. The first-order valence-electron chi connectivity index (χ1n) is 5.27. The summed E-state index contributed by atoms with van der Waals surface area (Å²) in [4.78, 5) is 0. The summed E-state index contributed by atoms with van der Waals surface area (Å²) in [6.07, 6.45) is 0. The molecule has 2 rings (SSSR count). The summed E-state index contributed by atoms with van der Waals surface area (Å²) in [5, 5.41) is 0. The number of hydrogen-bond donors (Lipinski definition) is 1. The van der Waals surface area contributed by atoms with Gasteiger partial charge in [0.2, 0.25) is 0 Å². The Morgan fingerprint density at radius 2 is 1.79 bits per heavy atom. The van der Waals surface area contributed by atoms with Crippen molar-refractivity contribution in [3.05, 3.63) is 34.9 Å². The van der Waals surface area contributed by atoms with E-state index in [2.05, 4.69) is 45.9 Å². The second-order valence-electron chi connectivity index (χ2n) is 5.18. The van der Waals surface area contributed by atoms with Gasteiger partial charge in [0.1, 0.15) is 0 Å². The Balaban J connectivity index is 2.36. The van der Waals surface area contributed by atoms with E-state index in [1.165, 1.54) is 16.7 Å². The van der Waals surface area contributed by atoms with E-state index in [9.17, 15) is 0 Å². The fraction of sp³-hybridized carbons (Fsp3) is 0.538. The molecule has 0 saturated heterocycles. The molecule has 1 aliphatic carbocycles. The summed E-state index contributed by atoms with van der Waals surface area (Å²) in [5.74, 6) is 0.558. The van der Waals surface area contributed by atoms with Gasteiger partial charge in [-0.3, -0.25) is 0 Å². The summed E-state index contributed by atoms with van der Waals surface area (Å²) in [6, 6.07) is 7.01. The normalized spacial score (nSPS) is 28.9. The Labute approximate surface area is 86.3 Å². The van der Waals surface area contributed by atoms with E-state index in [1.54, 1.807) is 0 Å². The van der Waals surface area contributed by atoms with Crippen LogP contribution in [0.1, 0.15) is 36.5 Å². The molecule has 0 amide bonds. The minimum atomic E-state index is 0.292. The van der Waals surface area contributed by atoms with E-state index < -0.39 is 0 Å². The lowest BCUT2D eigenvalue weighted by Crippen LogP contribution is -2.06. The van der Waals surface area contributed by atoms with Gasteiger partial charge in [-0.2, -0.15) is 0 Å². The third kappa shape index (κ3) is 1.27. The molecule has 1 heteroatoms. The molecular formula is C13H19N. The van der Waals surface area contributed by atoms with Crippen LogP contribution in [0.15, 0.2) is 18.2 Å². The van der Waals surface area contributed by atoms with Gasteiger partial charge in [0.05, 0.1) is 0 Å². The van der Waals surface area contributed by atoms with Crippen LogP contribution in [0.2, 0.25) is 0 Å². The largest absolute Gasteiger partial charge is 0.327 e. The van der Waals surface area contributed by atoms with Gasteiger partial charge in [0.15, 0.2) is 0 Å². The standard InChI is InChI=1S/C13H19N/c1-8-5-6-10(9(2)7-8)11-12(14)13(11,3)4/h5-7,11-12H,14H2,1-4H3/t11-,12-/m0/s1. The molecule has 76 valence electrons. The van der Waals surface area contributed by atoms with Crippen LogP contribution in [0.3, 0.4) is 0 Å². The number of benzene rings is 1. The molecular weight excluding hydrogens is 170 g/mol. The number of rotatable bonds is 1. The van der Waals surface area contributed by atoms with E-state index in [4.69, 9.17) is 5.73 Å². The average molecular weight is 189 g/mol. The molecule has 0 unspecified atom stereocenters. The Morgan fingerprint density at radius 3 is 2.21 bits per heavy atom. The third-order valence-corrected chi connectivity index (χ3v) is 3.67. The zero-order chi connectivity index (χ0) is 10.5. The molecule has 0 heterocycles. The molecule has 2 N–H and O–H groups in total. The van der Waals surface area contributed by atoms with E-state index in [0.717, 1.165) is 0 Å². The van der Waals surface area contributed by atoms with Crippen molar-refractivity contribution in [2.45, 2.75) is 39.7 Å². The summed E-state index contributed by atoms with van der Waals surface area (Å²) < 4.78 is 0. The fourth-order valence-corrected chi connectivity index (χ4v) is 2.45. The monoisotopic (exact) mass is 189 g/mol. The third-order valence-electron chi connectivity index (χ3n) is 3.67. The maximum atomic E-state index is 6.08. The molecule has 1 nitrogen and oxygen atoms in total. The van der Waals surface area contributed by atoms with Gasteiger partial charge in [0.25, 0.3) is 0 Å². The minimum absolute atomic E-state index is 0.292. The fourth-order valence-electron chi connectivity index (χ4n) is 2.45. The van der Waals surface area contributed by atoms with Crippen LogP contribution >= 0.6 is 0 Å². The summed E-state index contributed by atoms with van der Waals surface area (Å²) in [7, 11) is 0. The van der Waals surface area contributed by atoms with Crippen molar-refractivity contribution in [3.8, 4) is 0 Å². The van der Waals surface area contributed by atoms with Crippen molar-refractivity contribution >= 4 is 0 Å². The van der Waals surface area contributed by atoms with Gasteiger partial charge in [-0.05, 0) is 30.4 Å². The highest BCUT2D eigenvalue weighted by atomic mass is 14.8. The number of nitrogens with two attached hydrogens (primary N) is 1. The van der Waals surface area contributed by atoms with Gasteiger partial charge in [-0.25, -0.2) is 0 Å². The Bertz CT molecular complexity index is 365. The molecule has 0 bridgehead atoms. The SMILES string of the molecule is Cc1ccc([C@H]2[C@H](N)C2(C)C)c(C)c1. The smallest absolute Gasteiger partial charge is 0.0172 e. The van der Waals surface area contributed by atoms with E-state index >= 15 is 0 Å². The molecule has 1 aliphatic rings.